The fourth-order valence-electron chi connectivity index (χ4n) is 2.97. The lowest BCUT2D eigenvalue weighted by atomic mass is 10.1. The number of fused-ring (bicyclic) bond motifs is 1. The molecule has 0 spiro atoms. The molecule has 2 aromatic rings. The fourth-order valence-corrected chi connectivity index (χ4v) is 2.97. The van der Waals surface area contributed by atoms with E-state index in [1.54, 1.807) is 0 Å². The molecule has 1 aliphatic carbocycles. The van der Waals surface area contributed by atoms with Gasteiger partial charge in [-0.15, -0.1) is 0 Å². The second kappa shape index (κ2) is 6.81. The highest BCUT2D eigenvalue weighted by atomic mass is 16.5. The van der Waals surface area contributed by atoms with E-state index in [-0.39, 0.29) is 6.10 Å². The van der Waals surface area contributed by atoms with Gasteiger partial charge in [-0.25, -0.2) is 0 Å². The van der Waals surface area contributed by atoms with Crippen molar-refractivity contribution >= 4 is 0 Å². The molecule has 0 amide bonds. The second-order valence-electron chi connectivity index (χ2n) is 5.75. The van der Waals surface area contributed by atoms with Crippen LogP contribution in [0.15, 0.2) is 42.7 Å². The zero-order valence-corrected chi connectivity index (χ0v) is 12.4. The third-order valence-electron chi connectivity index (χ3n) is 4.10. The van der Waals surface area contributed by atoms with Crippen LogP contribution < -0.4 is 4.74 Å². The SMILES string of the molecule is OC1CCCCc2cn(CCCOc3ccccc3)cc21. The van der Waals surface area contributed by atoms with E-state index in [4.69, 9.17) is 4.74 Å². The zero-order valence-electron chi connectivity index (χ0n) is 12.4. The molecule has 1 aliphatic rings. The summed E-state index contributed by atoms with van der Waals surface area (Å²) in [5.74, 6) is 0.927. The summed E-state index contributed by atoms with van der Waals surface area (Å²) in [6.07, 6.45) is 9.32. The number of para-hydroxylation sites is 1. The first-order valence-electron chi connectivity index (χ1n) is 7.87. The topological polar surface area (TPSA) is 34.4 Å². The average molecular weight is 285 g/mol. The summed E-state index contributed by atoms with van der Waals surface area (Å²) < 4.78 is 7.91. The van der Waals surface area contributed by atoms with Crippen LogP contribution in [-0.2, 0) is 13.0 Å². The summed E-state index contributed by atoms with van der Waals surface area (Å²) in [5.41, 5.74) is 2.46. The Labute approximate surface area is 126 Å². The van der Waals surface area contributed by atoms with Crippen LogP contribution in [0, 0.1) is 0 Å². The number of benzene rings is 1. The van der Waals surface area contributed by atoms with E-state index in [9.17, 15) is 5.11 Å². The Balaban J connectivity index is 1.51. The standard InChI is InChI=1S/C18H23NO2/c20-18-10-5-4-7-15-13-19(14-17(15)18)11-6-12-21-16-8-2-1-3-9-16/h1-3,8-9,13-14,18,20H,4-7,10-12H2. The van der Waals surface area contributed by atoms with Gasteiger partial charge in [0.15, 0.2) is 0 Å². The molecule has 0 saturated carbocycles. The summed E-state index contributed by atoms with van der Waals surface area (Å²) in [6, 6.07) is 9.92. The zero-order chi connectivity index (χ0) is 14.5. The van der Waals surface area contributed by atoms with Crippen molar-refractivity contribution in [2.24, 2.45) is 0 Å². The molecule has 3 nitrogen and oxygen atoms in total. The molecule has 1 aromatic carbocycles. The molecule has 112 valence electrons. The van der Waals surface area contributed by atoms with Crippen molar-refractivity contribution in [1.82, 2.24) is 4.57 Å². The molecule has 0 aliphatic heterocycles. The van der Waals surface area contributed by atoms with Crippen LogP contribution in [-0.4, -0.2) is 16.3 Å². The third kappa shape index (κ3) is 3.67. The molecule has 0 radical (unpaired) electrons. The molecule has 3 heteroatoms. The van der Waals surface area contributed by atoms with Crippen LogP contribution in [0.25, 0.3) is 0 Å². The Bertz CT molecular complexity index is 562. The van der Waals surface area contributed by atoms with Crippen LogP contribution in [0.2, 0.25) is 0 Å². The Morgan fingerprint density at radius 1 is 1.14 bits per heavy atom. The first kappa shape index (κ1) is 14.2. The Morgan fingerprint density at radius 3 is 2.86 bits per heavy atom. The summed E-state index contributed by atoms with van der Waals surface area (Å²) >= 11 is 0. The maximum atomic E-state index is 10.1. The minimum Gasteiger partial charge on any atom is -0.494 e. The second-order valence-corrected chi connectivity index (χ2v) is 5.75. The van der Waals surface area contributed by atoms with Crippen molar-refractivity contribution in [3.63, 3.8) is 0 Å². The lowest BCUT2D eigenvalue weighted by molar-refractivity contribution is 0.166. The summed E-state index contributed by atoms with van der Waals surface area (Å²) in [5, 5.41) is 10.1. The normalized spacial score (nSPS) is 18.0. The van der Waals surface area contributed by atoms with Crippen molar-refractivity contribution < 1.29 is 9.84 Å². The minimum atomic E-state index is -0.274. The number of aryl methyl sites for hydroxylation is 2. The van der Waals surface area contributed by atoms with E-state index in [2.05, 4.69) is 17.0 Å². The number of rotatable bonds is 5. The van der Waals surface area contributed by atoms with Gasteiger partial charge in [-0.3, -0.25) is 0 Å². The van der Waals surface area contributed by atoms with Gasteiger partial charge in [0, 0.05) is 24.5 Å². The van der Waals surface area contributed by atoms with Crippen molar-refractivity contribution in [1.29, 1.82) is 0 Å². The van der Waals surface area contributed by atoms with Crippen LogP contribution in [0.4, 0.5) is 0 Å². The van der Waals surface area contributed by atoms with Crippen molar-refractivity contribution in [2.45, 2.75) is 44.8 Å². The van der Waals surface area contributed by atoms with Crippen molar-refractivity contribution in [2.75, 3.05) is 6.61 Å². The van der Waals surface area contributed by atoms with Gasteiger partial charge in [0.05, 0.1) is 12.7 Å². The van der Waals surface area contributed by atoms with Crippen LogP contribution in [0.5, 0.6) is 5.75 Å². The van der Waals surface area contributed by atoms with Gasteiger partial charge in [-0.05, 0) is 43.4 Å². The Morgan fingerprint density at radius 2 is 2.00 bits per heavy atom. The first-order valence-corrected chi connectivity index (χ1v) is 7.87. The molecule has 1 heterocycles. The molecule has 3 rings (SSSR count). The van der Waals surface area contributed by atoms with Gasteiger partial charge in [-0.1, -0.05) is 24.6 Å². The summed E-state index contributed by atoms with van der Waals surface area (Å²) in [4.78, 5) is 0. The Kier molecular flexibility index (Phi) is 4.61. The molecule has 0 fully saturated rings. The Hall–Kier alpha value is -1.74. The number of nitrogens with zero attached hydrogens (tertiary/aromatic N) is 1. The lowest BCUT2D eigenvalue weighted by Crippen LogP contribution is -2.03. The van der Waals surface area contributed by atoms with E-state index >= 15 is 0 Å². The van der Waals surface area contributed by atoms with E-state index < -0.39 is 0 Å². The number of hydrogen-bond acceptors (Lipinski definition) is 2. The quantitative estimate of drug-likeness (QED) is 0.671. The smallest absolute Gasteiger partial charge is 0.119 e. The maximum Gasteiger partial charge on any atom is 0.119 e. The van der Waals surface area contributed by atoms with Gasteiger partial charge in [0.25, 0.3) is 0 Å². The summed E-state index contributed by atoms with van der Waals surface area (Å²) in [7, 11) is 0. The van der Waals surface area contributed by atoms with Gasteiger partial charge >= 0.3 is 0 Å². The minimum absolute atomic E-state index is 0.274. The monoisotopic (exact) mass is 285 g/mol. The number of aliphatic hydroxyl groups excluding tert-OH is 1. The molecule has 1 unspecified atom stereocenters. The highest BCUT2D eigenvalue weighted by Crippen LogP contribution is 2.29. The number of ether oxygens (including phenoxy) is 1. The molecule has 0 saturated heterocycles. The first-order chi connectivity index (χ1) is 10.3. The summed E-state index contributed by atoms with van der Waals surface area (Å²) in [6.45, 7) is 1.65. The van der Waals surface area contributed by atoms with E-state index in [1.807, 2.05) is 30.3 Å². The average Bonchev–Trinajstić information content (AvgIpc) is 2.84. The van der Waals surface area contributed by atoms with E-state index in [0.717, 1.165) is 50.1 Å². The molecular weight excluding hydrogens is 262 g/mol. The molecule has 0 bridgehead atoms. The highest BCUT2D eigenvalue weighted by molar-refractivity contribution is 5.28. The van der Waals surface area contributed by atoms with Gasteiger partial charge in [-0.2, -0.15) is 0 Å². The van der Waals surface area contributed by atoms with E-state index in [0.29, 0.717) is 0 Å². The maximum absolute atomic E-state index is 10.1. The molecule has 1 aromatic heterocycles. The van der Waals surface area contributed by atoms with Crippen molar-refractivity contribution in [3.8, 4) is 5.75 Å². The van der Waals surface area contributed by atoms with Gasteiger partial charge in [0.2, 0.25) is 0 Å². The van der Waals surface area contributed by atoms with Gasteiger partial charge < -0.3 is 14.4 Å². The molecule has 1 atom stereocenters. The predicted octanol–water partition coefficient (Wildman–Crippen LogP) is 3.72. The number of hydrogen-bond donors (Lipinski definition) is 1. The largest absolute Gasteiger partial charge is 0.494 e. The van der Waals surface area contributed by atoms with Crippen LogP contribution >= 0.6 is 0 Å². The number of aliphatic hydroxyl groups is 1. The predicted molar refractivity (Wildman–Crippen MR) is 83.5 cm³/mol. The van der Waals surface area contributed by atoms with E-state index in [1.165, 1.54) is 12.0 Å². The lowest BCUT2D eigenvalue weighted by Gasteiger charge is -2.07. The molecule has 1 N–H and O–H groups in total. The van der Waals surface area contributed by atoms with Crippen LogP contribution in [0.3, 0.4) is 0 Å². The highest BCUT2D eigenvalue weighted by Gasteiger charge is 2.18. The van der Waals surface area contributed by atoms with Crippen molar-refractivity contribution in [3.05, 3.63) is 53.9 Å². The molecular formula is C18H23NO2. The number of aromatic nitrogens is 1. The van der Waals surface area contributed by atoms with Gasteiger partial charge in [0.1, 0.15) is 5.75 Å². The van der Waals surface area contributed by atoms with Crippen LogP contribution in [0.1, 0.15) is 42.9 Å². The third-order valence-corrected chi connectivity index (χ3v) is 4.10. The fraction of sp³-hybridized carbons (Fsp3) is 0.444. The molecule has 21 heavy (non-hydrogen) atoms.